The molecule has 9 saturated heterocycles. The highest BCUT2D eigenvalue weighted by Gasteiger charge is 2.17. The number of piperidine rings is 4. The van der Waals surface area contributed by atoms with Crippen molar-refractivity contribution in [3.05, 3.63) is 35.9 Å². The van der Waals surface area contributed by atoms with E-state index in [9.17, 15) is 8.78 Å². The predicted molar refractivity (Wildman–Crippen MR) is 458 cm³/mol. The lowest BCUT2D eigenvalue weighted by Gasteiger charge is -2.31. The van der Waals surface area contributed by atoms with Crippen molar-refractivity contribution in [3.63, 3.8) is 0 Å². The molecule has 11 nitrogen and oxygen atoms in total. The van der Waals surface area contributed by atoms with Gasteiger partial charge < -0.3 is 48.7 Å². The molecule has 0 radical (unpaired) electrons. The van der Waals surface area contributed by atoms with E-state index < -0.39 is 0 Å². The summed E-state index contributed by atoms with van der Waals surface area (Å²) >= 11 is 43.3. The van der Waals surface area contributed by atoms with Gasteiger partial charge in [-0.1, -0.05) is 89.3 Å². The molecule has 24 heteroatoms. The molecule has 596 valence electrons. The first-order valence-electron chi connectivity index (χ1n) is 35.4. The Morgan fingerprint density at radius 3 is 0.804 bits per heavy atom. The molecule has 1 aromatic carbocycles. The number of likely N-dealkylation sites (tertiary alicyclic amines) is 4. The van der Waals surface area contributed by atoms with Gasteiger partial charge in [0.25, 0.3) is 0 Å². The lowest BCUT2D eigenvalue weighted by molar-refractivity contribution is 0.0405. The summed E-state index contributed by atoms with van der Waals surface area (Å²) < 4.78 is 29.3. The number of aryl methyl sites for hydroxylation is 1. The van der Waals surface area contributed by atoms with Crippen LogP contribution in [0, 0.1) is 6.92 Å². The number of thioether (sulfide) groups is 3. The van der Waals surface area contributed by atoms with Gasteiger partial charge in [-0.15, -0.1) is 92.8 Å². The molecule has 0 spiro atoms. The lowest BCUT2D eigenvalue weighted by Crippen LogP contribution is -2.36. The third kappa shape index (κ3) is 92.2. The summed E-state index contributed by atoms with van der Waals surface area (Å²) in [6, 6.07) is 12.8. The fourth-order valence-electron chi connectivity index (χ4n) is 9.88. The van der Waals surface area contributed by atoms with Crippen LogP contribution < -0.4 is 0 Å². The normalized spacial score (nSPS) is 20.9. The average molecular weight is 1610 g/mol. The van der Waals surface area contributed by atoms with Crippen LogP contribution in [0.2, 0.25) is 0 Å². The number of hydrogen-bond donors (Lipinski definition) is 0. The molecule has 97 heavy (non-hydrogen) atoms. The first-order valence-corrected chi connectivity index (χ1v) is 44.9. The number of ether oxygens (including phenoxy) is 2. The van der Waals surface area contributed by atoms with E-state index in [4.69, 9.17) is 9.47 Å². The maximum Gasteiger partial charge on any atom is 0.0785 e. The van der Waals surface area contributed by atoms with Crippen LogP contribution in [0.25, 0.3) is 0 Å². The number of alkyl halides is 10. The minimum Gasteiger partial charge on any atom is -0.379 e. The summed E-state index contributed by atoms with van der Waals surface area (Å²) in [6.45, 7) is 45.3. The predicted octanol–water partition coefficient (Wildman–Crippen LogP) is 19.0. The number of likely N-dealkylation sites (N-methyl/N-ethyl adjacent to an activating group) is 2. The van der Waals surface area contributed by atoms with Crippen molar-refractivity contribution < 1.29 is 18.3 Å². The highest BCUT2D eigenvalue weighted by Crippen LogP contribution is 2.17. The summed E-state index contributed by atoms with van der Waals surface area (Å²) in [5, 5.41) is 0. The van der Waals surface area contributed by atoms with E-state index in [-0.39, 0.29) is 0 Å². The van der Waals surface area contributed by atoms with Gasteiger partial charge in [0, 0.05) is 169 Å². The maximum atomic E-state index is 9.50. The quantitative estimate of drug-likeness (QED) is 0.269. The summed E-state index contributed by atoms with van der Waals surface area (Å²) in [5.74, 6) is 8.00. The van der Waals surface area contributed by atoms with Crippen molar-refractivity contribution in [1.29, 1.82) is 0 Å². The number of benzene rings is 1. The topological polar surface area (TPSA) is 47.6 Å². The zero-order chi connectivity index (χ0) is 76.6. The van der Waals surface area contributed by atoms with Crippen molar-refractivity contribution in [1.82, 2.24) is 44.1 Å². The van der Waals surface area contributed by atoms with E-state index in [1.807, 2.05) is 18.2 Å². The molecule has 0 amide bonds. The van der Waals surface area contributed by atoms with Gasteiger partial charge in [0.2, 0.25) is 0 Å². The van der Waals surface area contributed by atoms with Crippen LogP contribution in [0.3, 0.4) is 0 Å². The van der Waals surface area contributed by atoms with Gasteiger partial charge in [0.05, 0.1) is 40.8 Å². The first-order chi connectivity index (χ1) is 47.3. The Labute approximate surface area is 657 Å². The van der Waals surface area contributed by atoms with Gasteiger partial charge in [-0.2, -0.15) is 35.3 Å². The average Bonchev–Trinajstić information content (AvgIpc) is 3.23. The molecule has 10 rings (SSSR count). The van der Waals surface area contributed by atoms with Crippen molar-refractivity contribution in [3.8, 4) is 0 Å². The molecular formula is C73H159Cl8F2N9O2S3. The SMILES string of the molecule is CC1CCCCN1C.CCN1CCCCC1C.CCN1CCCCC1C.CCN1CCOCC1.CCN1CCSCC1.CCl.CCl.CCl.CCl.CCl.CCl.CCl.CCl.CF.CF.CN1CCCCC1.CN1CCOCC1.CN1CCSCC1.CN1CCSCC1.Cc1ccccc1. The number of hydrogen-bond acceptors (Lipinski definition) is 14. The van der Waals surface area contributed by atoms with Crippen LogP contribution in [-0.4, -0.2) is 348 Å². The van der Waals surface area contributed by atoms with Crippen LogP contribution in [0.1, 0.15) is 131 Å². The summed E-state index contributed by atoms with van der Waals surface area (Å²) in [4.78, 5) is 21.8. The van der Waals surface area contributed by atoms with Gasteiger partial charge >= 0.3 is 0 Å². The Kier molecular flexibility index (Phi) is 135. The molecule has 3 unspecified atom stereocenters. The van der Waals surface area contributed by atoms with E-state index in [0.29, 0.717) is 14.4 Å². The molecule has 0 aromatic heterocycles. The molecule has 9 heterocycles. The van der Waals surface area contributed by atoms with Crippen molar-refractivity contribution in [2.24, 2.45) is 0 Å². The number of halogens is 10. The van der Waals surface area contributed by atoms with Crippen LogP contribution >= 0.6 is 128 Å². The Morgan fingerprint density at radius 1 is 0.340 bits per heavy atom. The first kappa shape index (κ1) is 120. The zero-order valence-corrected chi connectivity index (χ0v) is 75.5. The minimum absolute atomic E-state index is 0.500. The van der Waals surface area contributed by atoms with Gasteiger partial charge in [-0.25, -0.2) is 0 Å². The molecule has 0 bridgehead atoms. The second kappa shape index (κ2) is 109. The van der Waals surface area contributed by atoms with Crippen molar-refractivity contribution in [2.45, 2.75) is 151 Å². The van der Waals surface area contributed by atoms with E-state index in [2.05, 4.69) is 275 Å². The van der Waals surface area contributed by atoms with Gasteiger partial charge in [0.15, 0.2) is 0 Å². The number of morpholine rings is 2. The van der Waals surface area contributed by atoms with E-state index in [1.54, 1.807) is 0 Å². The van der Waals surface area contributed by atoms with E-state index in [1.165, 1.54) is 266 Å². The third-order valence-electron chi connectivity index (χ3n) is 16.2. The summed E-state index contributed by atoms with van der Waals surface area (Å²) in [6.07, 6.45) is 28.8. The highest BCUT2D eigenvalue weighted by molar-refractivity contribution is 7.99. The molecule has 9 aliphatic heterocycles. The molecule has 0 aliphatic carbocycles. The second-order valence-corrected chi connectivity index (χ2v) is 26.3. The Hall–Kier alpha value is 2.01. The van der Waals surface area contributed by atoms with E-state index >= 15 is 0 Å². The molecule has 3 atom stereocenters. The number of rotatable bonds is 4. The molecule has 9 aliphatic rings. The largest absolute Gasteiger partial charge is 0.379 e. The smallest absolute Gasteiger partial charge is 0.0785 e. The fourth-order valence-corrected chi connectivity index (χ4v) is 13.0. The molecule has 0 N–H and O–H groups in total. The zero-order valence-electron chi connectivity index (χ0n) is 67.0. The summed E-state index contributed by atoms with van der Waals surface area (Å²) in [5.41, 5.74) is 1.32. The number of nitrogens with zero attached hydrogens (tertiary/aromatic N) is 9. The maximum absolute atomic E-state index is 9.50. The molecular weight excluding hydrogens is 1450 g/mol. The van der Waals surface area contributed by atoms with Gasteiger partial charge in [-0.3, -0.25) is 13.7 Å². The standard InChI is InChI=1S/2C8H17N.C7H15N.C7H8.C6H13NO.C6H13NS.C6H13N.C5H11NO.2C5H11NS.8CH3Cl.2CH3F/c2*1-3-9-7-5-4-6-8(9)2;1-7-5-3-4-6-8(7)2;1-7-5-3-2-4-6-7;2*1-2-7-3-5-8-6-4-7;1-7-5-3-2-4-6-7;3*1-6-2-4-7-5-3-6;10*1-2/h2*8H,3-7H2,1-2H3;7H,3-6H2,1-2H3;2-6H,1H3;2*2-6H2,1H3;2-6H2,1H3;3*2-5H2,1H3;10*1H3. The molecule has 0 saturated carbocycles. The van der Waals surface area contributed by atoms with Crippen LogP contribution in [0.15, 0.2) is 30.3 Å². The van der Waals surface area contributed by atoms with Crippen molar-refractivity contribution in [2.75, 3.05) is 286 Å². The highest BCUT2D eigenvalue weighted by atomic mass is 35.5. The van der Waals surface area contributed by atoms with Crippen molar-refractivity contribution >= 4 is 128 Å². The Balaban J connectivity index is -0.000000105. The van der Waals surface area contributed by atoms with Crippen LogP contribution in [0.5, 0.6) is 0 Å². The van der Waals surface area contributed by atoms with Crippen LogP contribution in [0.4, 0.5) is 8.78 Å². The lowest BCUT2D eigenvalue weighted by atomic mass is 10.0. The minimum atomic E-state index is 0.500. The van der Waals surface area contributed by atoms with Gasteiger partial charge in [0.1, 0.15) is 0 Å². The second-order valence-electron chi connectivity index (χ2n) is 22.6. The Morgan fingerprint density at radius 2 is 0.619 bits per heavy atom. The third-order valence-corrected chi connectivity index (χ3v) is 19.0. The van der Waals surface area contributed by atoms with Crippen LogP contribution in [-0.2, 0) is 9.47 Å². The summed E-state index contributed by atoms with van der Waals surface area (Å²) in [7, 11) is 11.9. The van der Waals surface area contributed by atoms with E-state index in [0.717, 1.165) is 70.7 Å². The monoisotopic (exact) mass is 1610 g/mol. The Bertz CT molecular complexity index is 1280. The fraction of sp³-hybridized carbons (Fsp3) is 0.918. The molecule has 9 fully saturated rings. The van der Waals surface area contributed by atoms with Gasteiger partial charge in [-0.05, 0) is 173 Å². The molecule has 1 aromatic rings.